The van der Waals surface area contributed by atoms with Gasteiger partial charge >= 0.3 is 0 Å². The Morgan fingerprint density at radius 2 is 2.24 bits per heavy atom. The van der Waals surface area contributed by atoms with Gasteiger partial charge in [-0.3, -0.25) is 14.3 Å². The fraction of sp³-hybridized carbons (Fsp3) is 0.500. The molecule has 0 spiro atoms. The van der Waals surface area contributed by atoms with Crippen LogP contribution in [0.5, 0.6) is 0 Å². The van der Waals surface area contributed by atoms with Crippen LogP contribution in [0, 0.1) is 6.92 Å². The summed E-state index contributed by atoms with van der Waals surface area (Å²) in [6.45, 7) is 2.33. The van der Waals surface area contributed by atoms with Crippen molar-refractivity contribution in [1.82, 2.24) is 15.1 Å². The highest BCUT2D eigenvalue weighted by Crippen LogP contribution is 2.12. The summed E-state index contributed by atoms with van der Waals surface area (Å²) in [5.41, 5.74) is 0.748. The zero-order valence-electron chi connectivity index (χ0n) is 9.37. The summed E-state index contributed by atoms with van der Waals surface area (Å²) >= 11 is 11.0. The van der Waals surface area contributed by atoms with Gasteiger partial charge in [0, 0.05) is 13.0 Å². The Morgan fingerprint density at radius 1 is 1.53 bits per heavy atom. The third kappa shape index (κ3) is 4.75. The first kappa shape index (κ1) is 14.0. The second-order valence-electron chi connectivity index (χ2n) is 3.54. The molecule has 1 aromatic heterocycles. The maximum atomic E-state index is 11.5. The molecular formula is C10H13Cl2N3O2. The highest BCUT2D eigenvalue weighted by molar-refractivity contribution is 6.63. The van der Waals surface area contributed by atoms with Crippen LogP contribution in [0.15, 0.2) is 6.20 Å². The molecule has 1 N–H and O–H groups in total. The number of rotatable bonds is 6. The third-order valence-corrected chi connectivity index (χ3v) is 2.77. The van der Waals surface area contributed by atoms with Gasteiger partial charge < -0.3 is 5.32 Å². The van der Waals surface area contributed by atoms with Crippen LogP contribution in [-0.2, 0) is 16.1 Å². The van der Waals surface area contributed by atoms with Crippen LogP contribution in [0.3, 0.4) is 0 Å². The zero-order chi connectivity index (χ0) is 12.8. The molecule has 0 fully saturated rings. The Morgan fingerprint density at radius 3 is 2.76 bits per heavy atom. The third-order valence-electron chi connectivity index (χ3n) is 2.21. The number of aromatic nitrogens is 2. The fourth-order valence-corrected chi connectivity index (χ4v) is 1.51. The molecule has 0 aliphatic rings. The first-order valence-electron chi connectivity index (χ1n) is 5.13. The lowest BCUT2D eigenvalue weighted by Crippen LogP contribution is -2.29. The minimum absolute atomic E-state index is 0.118. The monoisotopic (exact) mass is 277 g/mol. The molecule has 17 heavy (non-hydrogen) atoms. The number of halogens is 2. The molecule has 0 atom stereocenters. The van der Waals surface area contributed by atoms with Crippen molar-refractivity contribution in [2.45, 2.75) is 26.3 Å². The molecule has 0 saturated heterocycles. The van der Waals surface area contributed by atoms with E-state index in [0.717, 1.165) is 5.69 Å². The first-order valence-corrected chi connectivity index (χ1v) is 5.89. The van der Waals surface area contributed by atoms with Crippen LogP contribution in [0.25, 0.3) is 0 Å². The van der Waals surface area contributed by atoms with E-state index < -0.39 is 5.24 Å². The van der Waals surface area contributed by atoms with Gasteiger partial charge in [0.25, 0.3) is 0 Å². The summed E-state index contributed by atoms with van der Waals surface area (Å²) < 4.78 is 1.52. The molecule has 1 amide bonds. The van der Waals surface area contributed by atoms with Gasteiger partial charge in [-0.1, -0.05) is 11.6 Å². The van der Waals surface area contributed by atoms with Crippen molar-refractivity contribution in [1.29, 1.82) is 0 Å². The number of nitrogens with zero attached hydrogens (tertiary/aromatic N) is 2. The van der Waals surface area contributed by atoms with Gasteiger partial charge in [-0.2, -0.15) is 5.10 Å². The largest absolute Gasteiger partial charge is 0.354 e. The van der Waals surface area contributed by atoms with Gasteiger partial charge in [-0.15, -0.1) is 0 Å². The van der Waals surface area contributed by atoms with E-state index in [1.807, 2.05) is 0 Å². The quantitative estimate of drug-likeness (QED) is 0.633. The van der Waals surface area contributed by atoms with Crippen LogP contribution < -0.4 is 5.32 Å². The lowest BCUT2D eigenvalue weighted by molar-refractivity contribution is -0.122. The van der Waals surface area contributed by atoms with Crippen LogP contribution in [-0.4, -0.2) is 27.5 Å². The van der Waals surface area contributed by atoms with Crippen molar-refractivity contribution < 1.29 is 9.59 Å². The van der Waals surface area contributed by atoms with E-state index in [4.69, 9.17) is 23.2 Å². The van der Waals surface area contributed by atoms with Crippen molar-refractivity contribution in [3.8, 4) is 0 Å². The Balaban J connectivity index is 2.30. The van der Waals surface area contributed by atoms with Crippen LogP contribution in [0.1, 0.15) is 18.5 Å². The summed E-state index contributed by atoms with van der Waals surface area (Å²) in [5, 5.41) is 6.77. The minimum Gasteiger partial charge on any atom is -0.354 e. The number of carbonyl (C=O) groups excluding carboxylic acids is 2. The highest BCUT2D eigenvalue weighted by atomic mass is 35.5. The number of hydrogen-bond acceptors (Lipinski definition) is 3. The Labute approximate surface area is 109 Å². The molecule has 0 bridgehead atoms. The van der Waals surface area contributed by atoms with E-state index in [1.165, 1.54) is 10.9 Å². The van der Waals surface area contributed by atoms with Crippen LogP contribution in [0.2, 0.25) is 5.02 Å². The molecular weight excluding hydrogens is 265 g/mol. The fourth-order valence-electron chi connectivity index (χ4n) is 1.23. The highest BCUT2D eigenvalue weighted by Gasteiger charge is 2.08. The van der Waals surface area contributed by atoms with Gasteiger partial charge in [-0.25, -0.2) is 0 Å². The summed E-state index contributed by atoms with van der Waals surface area (Å²) in [6, 6.07) is 0. The zero-order valence-corrected chi connectivity index (χ0v) is 10.9. The predicted octanol–water partition coefficient (Wildman–Crippen LogP) is 1.51. The van der Waals surface area contributed by atoms with E-state index in [2.05, 4.69) is 10.4 Å². The molecule has 0 unspecified atom stereocenters. The van der Waals surface area contributed by atoms with E-state index in [-0.39, 0.29) is 18.9 Å². The number of carbonyl (C=O) groups is 2. The minimum atomic E-state index is -0.394. The number of hydrogen-bond donors (Lipinski definition) is 1. The van der Waals surface area contributed by atoms with Crippen molar-refractivity contribution >= 4 is 34.4 Å². The molecule has 1 aromatic rings. The van der Waals surface area contributed by atoms with Crippen molar-refractivity contribution in [2.75, 3.05) is 6.54 Å². The smallest absolute Gasteiger partial charge is 0.241 e. The number of amides is 1. The average molecular weight is 278 g/mol. The molecule has 1 rings (SSSR count). The van der Waals surface area contributed by atoms with Crippen molar-refractivity contribution in [3.63, 3.8) is 0 Å². The van der Waals surface area contributed by atoms with Crippen LogP contribution in [0.4, 0.5) is 0 Å². The van der Waals surface area contributed by atoms with Crippen molar-refractivity contribution in [3.05, 3.63) is 16.9 Å². The van der Waals surface area contributed by atoms with E-state index in [1.54, 1.807) is 6.92 Å². The Kier molecular flexibility index (Phi) is 5.44. The molecule has 0 aliphatic carbocycles. The van der Waals surface area contributed by atoms with E-state index >= 15 is 0 Å². The standard InChI is InChI=1S/C10H13Cl2N3O2/c1-7-8(11)5-14-15(7)6-10(17)13-4-2-3-9(12)16/h5H,2-4,6H2,1H3,(H,13,17). The molecule has 0 aliphatic heterocycles. The second kappa shape index (κ2) is 6.61. The first-order chi connectivity index (χ1) is 8.00. The van der Waals surface area contributed by atoms with Crippen LogP contribution >= 0.6 is 23.2 Å². The summed E-state index contributed by atoms with van der Waals surface area (Å²) in [5.74, 6) is -0.171. The maximum absolute atomic E-state index is 11.5. The normalized spacial score (nSPS) is 10.3. The van der Waals surface area contributed by atoms with Gasteiger partial charge in [0.2, 0.25) is 11.1 Å². The summed E-state index contributed by atoms with van der Waals surface area (Å²) in [4.78, 5) is 21.9. The molecule has 7 heteroatoms. The SMILES string of the molecule is Cc1c(Cl)cnn1CC(=O)NCCCC(=O)Cl. The van der Waals surface area contributed by atoms with E-state index in [0.29, 0.717) is 18.0 Å². The Bertz CT molecular complexity index is 418. The van der Waals surface area contributed by atoms with Gasteiger partial charge in [0.15, 0.2) is 0 Å². The molecule has 5 nitrogen and oxygen atoms in total. The number of nitrogens with one attached hydrogen (secondary N) is 1. The molecule has 1 heterocycles. The summed E-state index contributed by atoms with van der Waals surface area (Å²) in [6.07, 6.45) is 2.29. The summed E-state index contributed by atoms with van der Waals surface area (Å²) in [7, 11) is 0. The maximum Gasteiger partial charge on any atom is 0.241 e. The molecule has 94 valence electrons. The molecule has 0 radical (unpaired) electrons. The lowest BCUT2D eigenvalue weighted by Gasteiger charge is -2.05. The molecule has 0 aromatic carbocycles. The van der Waals surface area contributed by atoms with Gasteiger partial charge in [-0.05, 0) is 24.9 Å². The topological polar surface area (TPSA) is 64.0 Å². The van der Waals surface area contributed by atoms with Gasteiger partial charge in [0.1, 0.15) is 6.54 Å². The predicted molar refractivity (Wildman–Crippen MR) is 65.1 cm³/mol. The van der Waals surface area contributed by atoms with Crippen molar-refractivity contribution in [2.24, 2.45) is 0 Å². The average Bonchev–Trinajstić information content (AvgIpc) is 2.56. The lowest BCUT2D eigenvalue weighted by atomic mass is 10.3. The second-order valence-corrected chi connectivity index (χ2v) is 4.37. The van der Waals surface area contributed by atoms with Gasteiger partial charge in [0.05, 0.1) is 16.9 Å². The molecule has 0 saturated carbocycles. The Hall–Kier alpha value is -1.07. The van der Waals surface area contributed by atoms with E-state index in [9.17, 15) is 9.59 Å².